The number of carbonyl (C=O) groups excluding carboxylic acids is 1. The van der Waals surface area contributed by atoms with E-state index >= 15 is 0 Å². The topological polar surface area (TPSA) is 136 Å². The van der Waals surface area contributed by atoms with Crippen LogP contribution in [0.25, 0.3) is 0 Å². The van der Waals surface area contributed by atoms with Gasteiger partial charge in [0.25, 0.3) is 5.91 Å². The van der Waals surface area contributed by atoms with Gasteiger partial charge in [-0.1, -0.05) is 6.07 Å². The van der Waals surface area contributed by atoms with Crippen LogP contribution in [0.3, 0.4) is 0 Å². The molecule has 0 aliphatic carbocycles. The van der Waals surface area contributed by atoms with Crippen molar-refractivity contribution in [2.75, 3.05) is 0 Å². The van der Waals surface area contributed by atoms with Crippen molar-refractivity contribution in [3.05, 3.63) is 41.7 Å². The number of hydrogen-bond donors (Lipinski definition) is 5. The predicted octanol–water partition coefficient (Wildman–Crippen LogP) is 0.247. The Bertz CT molecular complexity index is 654. The Kier molecular flexibility index (Phi) is 4.07. The van der Waals surface area contributed by atoms with E-state index in [0.29, 0.717) is 5.56 Å². The number of aromatic nitrogens is 2. The lowest BCUT2D eigenvalue weighted by Gasteiger charge is -2.14. The fourth-order valence-electron chi connectivity index (χ4n) is 1.75. The number of phenols is 2. The van der Waals surface area contributed by atoms with Crippen LogP contribution < -0.4 is 5.32 Å². The lowest BCUT2D eigenvalue weighted by atomic mass is 10.0. The summed E-state index contributed by atoms with van der Waals surface area (Å²) < 4.78 is 0. The maximum absolute atomic E-state index is 11.8. The van der Waals surface area contributed by atoms with Gasteiger partial charge in [-0.2, -0.15) is 5.10 Å². The first-order valence-corrected chi connectivity index (χ1v) is 6.00. The third kappa shape index (κ3) is 3.50. The monoisotopic (exact) mass is 291 g/mol. The SMILES string of the molecule is O=C(NC(Cc1ccc(O)c(O)c1)C(=O)O)c1cn[nH]c1. The van der Waals surface area contributed by atoms with Gasteiger partial charge in [-0.3, -0.25) is 9.89 Å². The number of amides is 1. The first-order chi connectivity index (χ1) is 9.97. The molecule has 1 atom stereocenters. The molecule has 21 heavy (non-hydrogen) atoms. The van der Waals surface area contributed by atoms with Crippen LogP contribution in [-0.4, -0.2) is 43.4 Å². The van der Waals surface area contributed by atoms with E-state index in [0.717, 1.165) is 0 Å². The van der Waals surface area contributed by atoms with Crippen molar-refractivity contribution in [1.82, 2.24) is 15.5 Å². The van der Waals surface area contributed by atoms with Crippen LogP contribution in [-0.2, 0) is 11.2 Å². The van der Waals surface area contributed by atoms with Crippen molar-refractivity contribution in [3.63, 3.8) is 0 Å². The zero-order chi connectivity index (χ0) is 15.4. The van der Waals surface area contributed by atoms with Gasteiger partial charge in [-0.15, -0.1) is 0 Å². The molecule has 0 spiro atoms. The molecule has 5 N–H and O–H groups in total. The molecular formula is C13H13N3O5. The molecule has 1 unspecified atom stereocenters. The molecule has 2 rings (SSSR count). The van der Waals surface area contributed by atoms with Crippen LogP contribution in [0, 0.1) is 0 Å². The molecule has 0 aliphatic heterocycles. The maximum Gasteiger partial charge on any atom is 0.326 e. The second-order valence-corrected chi connectivity index (χ2v) is 4.38. The number of aromatic hydroxyl groups is 2. The number of hydrogen-bond acceptors (Lipinski definition) is 5. The standard InChI is InChI=1S/C13H13N3O5/c17-10-2-1-7(4-11(10)18)3-9(13(20)21)16-12(19)8-5-14-15-6-8/h1-2,4-6,9,17-18H,3H2,(H,14,15)(H,16,19)(H,20,21). The molecule has 110 valence electrons. The maximum atomic E-state index is 11.8. The number of carboxylic acids is 1. The van der Waals surface area contributed by atoms with Crippen LogP contribution >= 0.6 is 0 Å². The van der Waals surface area contributed by atoms with E-state index in [4.69, 9.17) is 5.11 Å². The van der Waals surface area contributed by atoms with E-state index in [1.165, 1.54) is 30.6 Å². The Balaban J connectivity index is 2.10. The zero-order valence-corrected chi connectivity index (χ0v) is 10.8. The molecule has 2 aromatic rings. The summed E-state index contributed by atoms with van der Waals surface area (Å²) >= 11 is 0. The smallest absolute Gasteiger partial charge is 0.326 e. The van der Waals surface area contributed by atoms with Gasteiger partial charge in [0.1, 0.15) is 6.04 Å². The summed E-state index contributed by atoms with van der Waals surface area (Å²) in [5.74, 6) is -2.43. The molecule has 0 radical (unpaired) electrons. The molecule has 1 aromatic heterocycles. The van der Waals surface area contributed by atoms with Gasteiger partial charge in [0.15, 0.2) is 11.5 Å². The summed E-state index contributed by atoms with van der Waals surface area (Å²) in [4.78, 5) is 23.0. The zero-order valence-electron chi connectivity index (χ0n) is 10.8. The quantitative estimate of drug-likeness (QED) is 0.501. The van der Waals surface area contributed by atoms with Gasteiger partial charge in [-0.25, -0.2) is 4.79 Å². The molecule has 0 saturated carbocycles. The Morgan fingerprint density at radius 3 is 2.62 bits per heavy atom. The van der Waals surface area contributed by atoms with Crippen molar-refractivity contribution < 1.29 is 24.9 Å². The van der Waals surface area contributed by atoms with Crippen molar-refractivity contribution in [1.29, 1.82) is 0 Å². The molecule has 8 heteroatoms. The molecule has 1 amide bonds. The number of phenolic OH excluding ortho intramolecular Hbond substituents is 2. The highest BCUT2D eigenvalue weighted by atomic mass is 16.4. The predicted molar refractivity (Wildman–Crippen MR) is 71.0 cm³/mol. The molecule has 0 aliphatic rings. The third-order valence-corrected chi connectivity index (χ3v) is 2.84. The Hall–Kier alpha value is -3.03. The molecular weight excluding hydrogens is 278 g/mol. The van der Waals surface area contributed by atoms with Gasteiger partial charge in [0.2, 0.25) is 0 Å². The summed E-state index contributed by atoms with van der Waals surface area (Å²) in [5, 5.41) is 36.2. The van der Waals surface area contributed by atoms with E-state index in [2.05, 4.69) is 15.5 Å². The highest BCUT2D eigenvalue weighted by Crippen LogP contribution is 2.25. The number of carbonyl (C=O) groups is 2. The van der Waals surface area contributed by atoms with Crippen molar-refractivity contribution in [2.24, 2.45) is 0 Å². The van der Waals surface area contributed by atoms with Crippen molar-refractivity contribution in [3.8, 4) is 11.5 Å². The molecule has 1 aromatic carbocycles. The molecule has 0 fully saturated rings. The van der Waals surface area contributed by atoms with E-state index < -0.39 is 17.9 Å². The van der Waals surface area contributed by atoms with Crippen LogP contribution in [0.4, 0.5) is 0 Å². The van der Waals surface area contributed by atoms with Gasteiger partial charge >= 0.3 is 5.97 Å². The fourth-order valence-corrected chi connectivity index (χ4v) is 1.75. The van der Waals surface area contributed by atoms with Gasteiger partial charge in [0.05, 0.1) is 11.8 Å². The second kappa shape index (κ2) is 5.95. The third-order valence-electron chi connectivity index (χ3n) is 2.84. The van der Waals surface area contributed by atoms with Crippen LogP contribution in [0.15, 0.2) is 30.6 Å². The number of rotatable bonds is 5. The van der Waals surface area contributed by atoms with Gasteiger partial charge < -0.3 is 20.6 Å². The first-order valence-electron chi connectivity index (χ1n) is 6.00. The highest BCUT2D eigenvalue weighted by molar-refractivity contribution is 5.96. The minimum absolute atomic E-state index is 0.0350. The lowest BCUT2D eigenvalue weighted by molar-refractivity contribution is -0.139. The van der Waals surface area contributed by atoms with Crippen LogP contribution in [0.2, 0.25) is 0 Å². The van der Waals surface area contributed by atoms with E-state index in [9.17, 15) is 19.8 Å². The minimum Gasteiger partial charge on any atom is -0.504 e. The van der Waals surface area contributed by atoms with E-state index in [1.807, 2.05) is 0 Å². The van der Waals surface area contributed by atoms with Gasteiger partial charge in [-0.05, 0) is 17.7 Å². The van der Waals surface area contributed by atoms with Crippen molar-refractivity contribution >= 4 is 11.9 Å². The first kappa shape index (κ1) is 14.4. The summed E-state index contributed by atoms with van der Waals surface area (Å²) in [7, 11) is 0. The number of H-pyrrole nitrogens is 1. The summed E-state index contributed by atoms with van der Waals surface area (Å²) in [5.41, 5.74) is 0.681. The van der Waals surface area contributed by atoms with E-state index in [1.54, 1.807) is 0 Å². The summed E-state index contributed by atoms with van der Waals surface area (Å²) in [6.45, 7) is 0. The summed E-state index contributed by atoms with van der Waals surface area (Å²) in [6.07, 6.45) is 2.59. The second-order valence-electron chi connectivity index (χ2n) is 4.38. The average molecular weight is 291 g/mol. The minimum atomic E-state index is -1.21. The average Bonchev–Trinajstić information content (AvgIpc) is 2.96. The number of aliphatic carboxylic acids is 1. The molecule has 0 bridgehead atoms. The normalized spacial score (nSPS) is 11.8. The molecule has 8 nitrogen and oxygen atoms in total. The molecule has 1 heterocycles. The van der Waals surface area contributed by atoms with Gasteiger partial charge in [0, 0.05) is 12.6 Å². The summed E-state index contributed by atoms with van der Waals surface area (Å²) in [6, 6.07) is 2.79. The number of nitrogens with zero attached hydrogens (tertiary/aromatic N) is 1. The number of aromatic amines is 1. The largest absolute Gasteiger partial charge is 0.504 e. The van der Waals surface area contributed by atoms with Crippen LogP contribution in [0.1, 0.15) is 15.9 Å². The number of benzene rings is 1. The highest BCUT2D eigenvalue weighted by Gasteiger charge is 2.22. The Labute approximate surface area is 119 Å². The van der Waals surface area contributed by atoms with E-state index in [-0.39, 0.29) is 23.5 Å². The lowest BCUT2D eigenvalue weighted by Crippen LogP contribution is -2.42. The Morgan fingerprint density at radius 2 is 2.05 bits per heavy atom. The fraction of sp³-hybridized carbons (Fsp3) is 0.154. The number of nitrogens with one attached hydrogen (secondary N) is 2. The van der Waals surface area contributed by atoms with Crippen molar-refractivity contribution in [2.45, 2.75) is 12.5 Å². The number of carboxylic acid groups (broad SMARTS) is 1. The Morgan fingerprint density at radius 1 is 1.29 bits per heavy atom. The molecule has 0 saturated heterocycles. The van der Waals surface area contributed by atoms with Crippen LogP contribution in [0.5, 0.6) is 11.5 Å².